The van der Waals surface area contributed by atoms with Crippen LogP contribution in [0.4, 0.5) is 0 Å². The van der Waals surface area contributed by atoms with Gasteiger partial charge < -0.3 is 4.74 Å². The van der Waals surface area contributed by atoms with Crippen molar-refractivity contribution in [3.05, 3.63) is 58.1 Å². The van der Waals surface area contributed by atoms with Crippen LogP contribution in [0, 0.1) is 0 Å². The van der Waals surface area contributed by atoms with Crippen molar-refractivity contribution in [2.24, 2.45) is 0 Å². The van der Waals surface area contributed by atoms with E-state index in [0.29, 0.717) is 15.8 Å². The van der Waals surface area contributed by atoms with Crippen LogP contribution in [0.25, 0.3) is 0 Å². The van der Waals surface area contributed by atoms with Gasteiger partial charge in [-0.15, -0.1) is 11.8 Å². The lowest BCUT2D eigenvalue weighted by molar-refractivity contribution is -0.119. The van der Waals surface area contributed by atoms with E-state index in [0.717, 1.165) is 4.90 Å². The normalized spacial score (nSPS) is 10.1. The van der Waals surface area contributed by atoms with E-state index in [1.807, 2.05) is 12.1 Å². The van der Waals surface area contributed by atoms with Gasteiger partial charge in [0.25, 0.3) is 5.91 Å². The fourth-order valence-corrected chi connectivity index (χ4v) is 2.76. The van der Waals surface area contributed by atoms with Crippen molar-refractivity contribution < 1.29 is 14.3 Å². The maximum Gasteiger partial charge on any atom is 0.273 e. The molecule has 0 aromatic heterocycles. The predicted molar refractivity (Wildman–Crippen MR) is 95.8 cm³/mol. The average molecular weight is 385 g/mol. The van der Waals surface area contributed by atoms with E-state index in [1.54, 1.807) is 24.3 Å². The molecule has 0 bridgehead atoms. The molecule has 126 valence electrons. The van der Waals surface area contributed by atoms with Crippen LogP contribution < -0.4 is 15.6 Å². The third-order valence-corrected chi connectivity index (χ3v) is 4.40. The van der Waals surface area contributed by atoms with Crippen LogP contribution in [0.5, 0.6) is 5.75 Å². The molecule has 0 saturated heterocycles. The molecule has 0 unspecified atom stereocenters. The Kier molecular flexibility index (Phi) is 6.78. The summed E-state index contributed by atoms with van der Waals surface area (Å²) in [4.78, 5) is 24.8. The quantitative estimate of drug-likeness (QED) is 0.610. The lowest BCUT2D eigenvalue weighted by atomic mass is 10.2. The molecule has 0 spiro atoms. The molecule has 8 heteroatoms. The number of rotatable bonds is 5. The van der Waals surface area contributed by atoms with Crippen LogP contribution in [0.2, 0.25) is 10.0 Å². The Labute approximate surface area is 153 Å². The Morgan fingerprint density at radius 1 is 1.04 bits per heavy atom. The molecule has 0 aliphatic heterocycles. The maximum absolute atomic E-state index is 12.1. The molecule has 0 heterocycles. The molecule has 0 fully saturated rings. The second-order valence-electron chi connectivity index (χ2n) is 4.59. The minimum absolute atomic E-state index is 0.147. The van der Waals surface area contributed by atoms with Crippen molar-refractivity contribution in [2.45, 2.75) is 4.90 Å². The lowest BCUT2D eigenvalue weighted by Crippen LogP contribution is -2.42. The molecule has 0 atom stereocenters. The van der Waals surface area contributed by atoms with Crippen LogP contribution in [0.15, 0.2) is 47.4 Å². The first-order valence-electron chi connectivity index (χ1n) is 6.80. The van der Waals surface area contributed by atoms with Gasteiger partial charge in [0.15, 0.2) is 0 Å². The van der Waals surface area contributed by atoms with Gasteiger partial charge in [-0.1, -0.05) is 23.2 Å². The van der Waals surface area contributed by atoms with Crippen LogP contribution in [0.1, 0.15) is 10.4 Å². The summed E-state index contributed by atoms with van der Waals surface area (Å²) in [7, 11) is 1.45. The maximum atomic E-state index is 12.1. The zero-order valence-electron chi connectivity index (χ0n) is 12.6. The van der Waals surface area contributed by atoms with Gasteiger partial charge in [-0.2, -0.15) is 0 Å². The second-order valence-corrected chi connectivity index (χ2v) is 6.51. The zero-order chi connectivity index (χ0) is 17.5. The van der Waals surface area contributed by atoms with Gasteiger partial charge >= 0.3 is 0 Å². The summed E-state index contributed by atoms with van der Waals surface area (Å²) >= 11 is 13.0. The van der Waals surface area contributed by atoms with E-state index in [1.165, 1.54) is 24.9 Å². The van der Waals surface area contributed by atoms with Gasteiger partial charge in [0.2, 0.25) is 5.91 Å². The summed E-state index contributed by atoms with van der Waals surface area (Å²) in [5.74, 6) is -0.348. The third-order valence-electron chi connectivity index (χ3n) is 2.91. The number of methoxy groups -OCH3 is 1. The number of hydrogen-bond donors (Lipinski definition) is 2. The SMILES string of the molecule is COc1ccc(Cl)cc1C(=O)NNC(=O)CSc1ccc(Cl)cc1. The summed E-state index contributed by atoms with van der Waals surface area (Å²) in [5.41, 5.74) is 4.92. The molecule has 0 radical (unpaired) electrons. The highest BCUT2D eigenvalue weighted by molar-refractivity contribution is 8.00. The number of hydrogen-bond acceptors (Lipinski definition) is 4. The van der Waals surface area contributed by atoms with Crippen molar-refractivity contribution in [1.29, 1.82) is 0 Å². The molecule has 2 aromatic rings. The molecule has 0 aliphatic rings. The van der Waals surface area contributed by atoms with Gasteiger partial charge in [0.1, 0.15) is 5.75 Å². The van der Waals surface area contributed by atoms with Gasteiger partial charge in [-0.05, 0) is 42.5 Å². The zero-order valence-corrected chi connectivity index (χ0v) is 15.0. The van der Waals surface area contributed by atoms with Crippen LogP contribution in [-0.4, -0.2) is 24.7 Å². The van der Waals surface area contributed by atoms with Crippen LogP contribution in [0.3, 0.4) is 0 Å². The number of halogens is 2. The average Bonchev–Trinajstić information content (AvgIpc) is 2.59. The van der Waals surface area contributed by atoms with Crippen molar-refractivity contribution >= 4 is 46.8 Å². The Balaban J connectivity index is 1.86. The standard InChI is InChI=1S/C16H14Cl2N2O3S/c1-23-14-7-4-11(18)8-13(14)16(22)20-19-15(21)9-24-12-5-2-10(17)3-6-12/h2-8H,9H2,1H3,(H,19,21)(H,20,22). The number of carbonyl (C=O) groups is 2. The highest BCUT2D eigenvalue weighted by atomic mass is 35.5. The molecule has 0 saturated carbocycles. The first kappa shape index (κ1) is 18.4. The third kappa shape index (κ3) is 5.33. The minimum atomic E-state index is -0.515. The summed E-state index contributed by atoms with van der Waals surface area (Å²) in [6, 6.07) is 11.8. The predicted octanol–water partition coefficient (Wildman–Crippen LogP) is 3.56. The van der Waals surface area contributed by atoms with Gasteiger partial charge in [-0.3, -0.25) is 20.4 Å². The number of carbonyl (C=O) groups excluding carboxylic acids is 2. The molecule has 2 N–H and O–H groups in total. The molecular formula is C16H14Cl2N2O3S. The van der Waals surface area contributed by atoms with Crippen LogP contribution in [-0.2, 0) is 4.79 Å². The number of ether oxygens (including phenoxy) is 1. The fourth-order valence-electron chi connectivity index (χ4n) is 1.77. The first-order chi connectivity index (χ1) is 11.5. The van der Waals surface area contributed by atoms with Crippen molar-refractivity contribution in [3.8, 4) is 5.75 Å². The number of hydrazine groups is 1. The molecule has 2 rings (SSSR count). The van der Waals surface area contributed by atoms with Crippen LogP contribution >= 0.6 is 35.0 Å². The molecule has 2 amide bonds. The van der Waals surface area contributed by atoms with Crippen molar-refractivity contribution in [1.82, 2.24) is 10.9 Å². The number of thioether (sulfide) groups is 1. The van der Waals surface area contributed by atoms with E-state index < -0.39 is 5.91 Å². The Morgan fingerprint density at radius 2 is 1.71 bits per heavy atom. The van der Waals surface area contributed by atoms with E-state index in [9.17, 15) is 9.59 Å². The molecular weight excluding hydrogens is 371 g/mol. The number of nitrogens with one attached hydrogen (secondary N) is 2. The number of benzene rings is 2. The summed E-state index contributed by atoms with van der Waals surface area (Å²) in [5, 5.41) is 1.03. The Bertz CT molecular complexity index is 739. The van der Waals surface area contributed by atoms with E-state index in [-0.39, 0.29) is 17.2 Å². The Hall–Kier alpha value is -1.89. The van der Waals surface area contributed by atoms with E-state index in [2.05, 4.69) is 10.9 Å². The van der Waals surface area contributed by atoms with Gasteiger partial charge in [-0.25, -0.2) is 0 Å². The summed E-state index contributed by atoms with van der Waals surface area (Å²) < 4.78 is 5.10. The van der Waals surface area contributed by atoms with Crippen molar-refractivity contribution in [3.63, 3.8) is 0 Å². The second kappa shape index (κ2) is 8.82. The number of amides is 2. The summed E-state index contributed by atoms with van der Waals surface area (Å²) in [6.07, 6.45) is 0. The largest absolute Gasteiger partial charge is 0.496 e. The fraction of sp³-hybridized carbons (Fsp3) is 0.125. The van der Waals surface area contributed by atoms with E-state index in [4.69, 9.17) is 27.9 Å². The molecule has 0 aliphatic carbocycles. The topological polar surface area (TPSA) is 67.4 Å². The highest BCUT2D eigenvalue weighted by Gasteiger charge is 2.13. The molecule has 24 heavy (non-hydrogen) atoms. The van der Waals surface area contributed by atoms with E-state index >= 15 is 0 Å². The molecule has 2 aromatic carbocycles. The minimum Gasteiger partial charge on any atom is -0.496 e. The smallest absolute Gasteiger partial charge is 0.273 e. The first-order valence-corrected chi connectivity index (χ1v) is 8.55. The van der Waals surface area contributed by atoms with Gasteiger partial charge in [0, 0.05) is 14.9 Å². The Morgan fingerprint density at radius 3 is 2.38 bits per heavy atom. The lowest BCUT2D eigenvalue weighted by Gasteiger charge is -2.10. The highest BCUT2D eigenvalue weighted by Crippen LogP contribution is 2.22. The van der Waals surface area contributed by atoms with Gasteiger partial charge in [0.05, 0.1) is 18.4 Å². The monoisotopic (exact) mass is 384 g/mol. The summed E-state index contributed by atoms with van der Waals surface area (Å²) in [6.45, 7) is 0. The van der Waals surface area contributed by atoms with Crippen molar-refractivity contribution in [2.75, 3.05) is 12.9 Å². The molecule has 5 nitrogen and oxygen atoms in total.